The van der Waals surface area contributed by atoms with Gasteiger partial charge in [-0.1, -0.05) is 12.1 Å². The van der Waals surface area contributed by atoms with Crippen LogP contribution in [-0.4, -0.2) is 62.5 Å². The molecular weight excluding hydrogens is 459 g/mol. The van der Waals surface area contributed by atoms with Crippen LogP contribution in [0.5, 0.6) is 0 Å². The van der Waals surface area contributed by atoms with E-state index >= 15 is 0 Å². The Morgan fingerprint density at radius 3 is 2.12 bits per heavy atom. The van der Waals surface area contributed by atoms with Gasteiger partial charge in [-0.25, -0.2) is 17.2 Å². The SMILES string of the molecule is O=C(c1ccc(COCC(F)(F)F)cc1)N1CCN(S(=O)(=O)c2ccc(F)c(F)c2)CC1. The van der Waals surface area contributed by atoms with E-state index in [0.29, 0.717) is 17.2 Å². The maximum Gasteiger partial charge on any atom is 0.411 e. The van der Waals surface area contributed by atoms with Crippen LogP contribution in [0.1, 0.15) is 15.9 Å². The average Bonchev–Trinajstić information content (AvgIpc) is 2.75. The molecule has 1 amide bonds. The maximum atomic E-state index is 13.4. The standard InChI is InChI=1S/C20H19F5N2O4S/c21-17-6-5-16(11-18(17)22)32(29,30)27-9-7-26(8-10-27)19(28)15-3-1-14(2-4-15)12-31-13-20(23,24)25/h1-6,11H,7-10,12-13H2. The van der Waals surface area contributed by atoms with Gasteiger partial charge in [0.25, 0.3) is 5.91 Å². The number of halogens is 5. The quantitative estimate of drug-likeness (QED) is 0.599. The molecule has 6 nitrogen and oxygen atoms in total. The van der Waals surface area contributed by atoms with Crippen molar-refractivity contribution in [2.45, 2.75) is 17.7 Å². The lowest BCUT2D eigenvalue weighted by Gasteiger charge is -2.34. The number of amides is 1. The molecule has 0 bridgehead atoms. The van der Waals surface area contributed by atoms with Gasteiger partial charge in [0.1, 0.15) is 6.61 Å². The van der Waals surface area contributed by atoms with E-state index < -0.39 is 34.4 Å². The van der Waals surface area contributed by atoms with Gasteiger partial charge < -0.3 is 9.64 Å². The second kappa shape index (κ2) is 9.51. The number of ether oxygens (including phenoxy) is 1. The summed E-state index contributed by atoms with van der Waals surface area (Å²) in [5.74, 6) is -2.79. The number of nitrogens with zero attached hydrogens (tertiary/aromatic N) is 2. The van der Waals surface area contributed by atoms with Crippen LogP contribution in [-0.2, 0) is 21.4 Å². The molecular formula is C20H19F5N2O4S. The van der Waals surface area contributed by atoms with E-state index in [1.807, 2.05) is 0 Å². The van der Waals surface area contributed by atoms with Crippen LogP contribution >= 0.6 is 0 Å². The molecule has 1 saturated heterocycles. The molecule has 1 aliphatic heterocycles. The molecule has 1 aliphatic rings. The lowest BCUT2D eigenvalue weighted by molar-refractivity contribution is -0.176. The fourth-order valence-corrected chi connectivity index (χ4v) is 4.56. The molecule has 2 aromatic carbocycles. The van der Waals surface area contributed by atoms with Crippen molar-refractivity contribution >= 4 is 15.9 Å². The number of sulfonamides is 1. The van der Waals surface area contributed by atoms with Crippen LogP contribution in [0.3, 0.4) is 0 Å². The molecule has 0 aromatic heterocycles. The topological polar surface area (TPSA) is 66.9 Å². The van der Waals surface area contributed by atoms with Crippen molar-refractivity contribution in [1.29, 1.82) is 0 Å². The Hall–Kier alpha value is -2.57. The number of hydrogen-bond acceptors (Lipinski definition) is 4. The Bertz CT molecular complexity index is 1070. The number of alkyl halides is 3. The molecule has 2 aromatic rings. The van der Waals surface area contributed by atoms with Crippen molar-refractivity contribution in [3.63, 3.8) is 0 Å². The van der Waals surface area contributed by atoms with Crippen molar-refractivity contribution in [3.05, 3.63) is 65.2 Å². The zero-order valence-electron chi connectivity index (χ0n) is 16.6. The summed E-state index contributed by atoms with van der Waals surface area (Å²) in [5, 5.41) is 0. The molecule has 0 aliphatic carbocycles. The van der Waals surface area contributed by atoms with Crippen LogP contribution < -0.4 is 0 Å². The Labute approximate surface area is 181 Å². The molecule has 1 heterocycles. The lowest BCUT2D eigenvalue weighted by Crippen LogP contribution is -2.50. The van der Waals surface area contributed by atoms with E-state index in [-0.39, 0.29) is 43.6 Å². The Morgan fingerprint density at radius 2 is 1.56 bits per heavy atom. The van der Waals surface area contributed by atoms with Crippen molar-refractivity contribution in [2.24, 2.45) is 0 Å². The molecule has 0 N–H and O–H groups in total. The van der Waals surface area contributed by atoms with Gasteiger partial charge in [0.05, 0.1) is 11.5 Å². The average molecular weight is 478 g/mol. The molecule has 3 rings (SSSR count). The monoisotopic (exact) mass is 478 g/mol. The van der Waals surface area contributed by atoms with Crippen molar-refractivity contribution in [2.75, 3.05) is 32.8 Å². The van der Waals surface area contributed by atoms with Crippen LogP contribution in [0.4, 0.5) is 22.0 Å². The van der Waals surface area contributed by atoms with E-state index in [9.17, 15) is 35.2 Å². The first-order valence-corrected chi connectivity index (χ1v) is 10.9. The summed E-state index contributed by atoms with van der Waals surface area (Å²) < 4.78 is 93.8. The molecule has 0 spiro atoms. The fourth-order valence-electron chi connectivity index (χ4n) is 3.13. The first-order valence-electron chi connectivity index (χ1n) is 9.45. The number of carbonyl (C=O) groups excluding carboxylic acids is 1. The smallest absolute Gasteiger partial charge is 0.367 e. The zero-order chi connectivity index (χ0) is 23.5. The molecule has 174 valence electrons. The largest absolute Gasteiger partial charge is 0.411 e. The number of carbonyl (C=O) groups is 1. The van der Waals surface area contributed by atoms with E-state index in [2.05, 4.69) is 4.74 Å². The number of rotatable bonds is 6. The van der Waals surface area contributed by atoms with Gasteiger partial charge >= 0.3 is 6.18 Å². The maximum absolute atomic E-state index is 13.4. The summed E-state index contributed by atoms with van der Waals surface area (Å²) in [6.45, 7) is -1.52. The summed E-state index contributed by atoms with van der Waals surface area (Å²) >= 11 is 0. The van der Waals surface area contributed by atoms with Gasteiger partial charge in [0.15, 0.2) is 11.6 Å². The van der Waals surface area contributed by atoms with Gasteiger partial charge in [-0.15, -0.1) is 0 Å². The zero-order valence-corrected chi connectivity index (χ0v) is 17.4. The third kappa shape index (κ3) is 5.81. The molecule has 0 atom stereocenters. The predicted molar refractivity (Wildman–Crippen MR) is 103 cm³/mol. The van der Waals surface area contributed by atoms with E-state index in [1.165, 1.54) is 29.2 Å². The van der Waals surface area contributed by atoms with E-state index in [4.69, 9.17) is 0 Å². The Kier molecular flexibility index (Phi) is 7.16. The summed E-state index contributed by atoms with van der Waals surface area (Å²) in [6, 6.07) is 8.20. The van der Waals surface area contributed by atoms with Crippen LogP contribution in [0.25, 0.3) is 0 Å². The molecule has 32 heavy (non-hydrogen) atoms. The molecule has 1 fully saturated rings. The first kappa shape index (κ1) is 24.1. The second-order valence-corrected chi connectivity index (χ2v) is 9.02. The van der Waals surface area contributed by atoms with Gasteiger partial charge in [-0.3, -0.25) is 4.79 Å². The highest BCUT2D eigenvalue weighted by atomic mass is 32.2. The third-order valence-corrected chi connectivity index (χ3v) is 6.68. The van der Waals surface area contributed by atoms with Gasteiger partial charge in [0, 0.05) is 31.7 Å². The fraction of sp³-hybridized carbons (Fsp3) is 0.350. The molecule has 0 radical (unpaired) electrons. The predicted octanol–water partition coefficient (Wildman–Crippen LogP) is 3.19. The Balaban J connectivity index is 1.57. The van der Waals surface area contributed by atoms with E-state index in [1.54, 1.807) is 0 Å². The summed E-state index contributed by atoms with van der Waals surface area (Å²) in [6.07, 6.45) is -4.42. The molecule has 0 saturated carbocycles. The molecule has 12 heteroatoms. The third-order valence-electron chi connectivity index (χ3n) is 4.79. The number of benzene rings is 2. The number of piperazine rings is 1. The highest BCUT2D eigenvalue weighted by molar-refractivity contribution is 7.89. The van der Waals surface area contributed by atoms with Crippen molar-refractivity contribution < 1.29 is 39.9 Å². The van der Waals surface area contributed by atoms with E-state index in [0.717, 1.165) is 16.4 Å². The minimum Gasteiger partial charge on any atom is -0.367 e. The van der Waals surface area contributed by atoms with Crippen molar-refractivity contribution in [3.8, 4) is 0 Å². The first-order chi connectivity index (χ1) is 15.0. The summed E-state index contributed by atoms with van der Waals surface area (Å²) in [5.41, 5.74) is 0.759. The van der Waals surface area contributed by atoms with Crippen LogP contribution in [0.15, 0.2) is 47.4 Å². The minimum absolute atomic E-state index is 0.0313. The second-order valence-electron chi connectivity index (χ2n) is 7.08. The normalized spacial score (nSPS) is 15.7. The number of hydrogen-bond donors (Lipinski definition) is 0. The highest BCUT2D eigenvalue weighted by Crippen LogP contribution is 2.21. The van der Waals surface area contributed by atoms with Crippen molar-refractivity contribution in [1.82, 2.24) is 9.21 Å². The minimum atomic E-state index is -4.42. The van der Waals surface area contributed by atoms with Crippen LogP contribution in [0, 0.1) is 11.6 Å². The van der Waals surface area contributed by atoms with Crippen LogP contribution in [0.2, 0.25) is 0 Å². The molecule has 0 unspecified atom stereocenters. The van der Waals surface area contributed by atoms with Gasteiger partial charge in [-0.2, -0.15) is 17.5 Å². The highest BCUT2D eigenvalue weighted by Gasteiger charge is 2.31. The summed E-state index contributed by atoms with van der Waals surface area (Å²) in [4.78, 5) is 13.7. The Morgan fingerprint density at radius 1 is 0.938 bits per heavy atom. The lowest BCUT2D eigenvalue weighted by atomic mass is 10.1. The summed E-state index contributed by atoms with van der Waals surface area (Å²) in [7, 11) is -4.05. The van der Waals surface area contributed by atoms with Gasteiger partial charge in [0.2, 0.25) is 10.0 Å². The van der Waals surface area contributed by atoms with Gasteiger partial charge in [-0.05, 0) is 35.9 Å².